The fourth-order valence-electron chi connectivity index (χ4n) is 2.78. The minimum absolute atomic E-state index is 0.119. The molecule has 0 atom stereocenters. The van der Waals surface area contributed by atoms with Crippen LogP contribution in [-0.2, 0) is 0 Å². The van der Waals surface area contributed by atoms with Gasteiger partial charge in [0.2, 0.25) is 0 Å². The molecule has 0 unspecified atom stereocenters. The van der Waals surface area contributed by atoms with Gasteiger partial charge in [-0.15, -0.1) is 0 Å². The van der Waals surface area contributed by atoms with Crippen molar-refractivity contribution >= 4 is 28.8 Å². The van der Waals surface area contributed by atoms with E-state index in [9.17, 15) is 4.79 Å². The highest BCUT2D eigenvalue weighted by Crippen LogP contribution is 2.41. The Balaban J connectivity index is 2.10. The summed E-state index contributed by atoms with van der Waals surface area (Å²) in [5, 5.41) is 0.686. The number of methoxy groups -OCH3 is 1. The van der Waals surface area contributed by atoms with E-state index in [1.54, 1.807) is 13.2 Å². The summed E-state index contributed by atoms with van der Waals surface area (Å²) in [6.07, 6.45) is 0.466. The largest absolute Gasteiger partial charge is 0.493 e. The van der Waals surface area contributed by atoms with Crippen LogP contribution >= 0.6 is 11.6 Å². The summed E-state index contributed by atoms with van der Waals surface area (Å²) in [5.74, 6) is 1.34. The van der Waals surface area contributed by atoms with Gasteiger partial charge in [0.05, 0.1) is 19.4 Å². The van der Waals surface area contributed by atoms with Gasteiger partial charge in [0.1, 0.15) is 0 Å². The van der Waals surface area contributed by atoms with Crippen LogP contribution in [0.1, 0.15) is 23.7 Å². The lowest BCUT2D eigenvalue weighted by Gasteiger charge is -2.31. The molecule has 0 radical (unpaired) electrons. The summed E-state index contributed by atoms with van der Waals surface area (Å²) in [6, 6.07) is 11.2. The first-order valence-corrected chi connectivity index (χ1v) is 7.93. The van der Waals surface area contributed by atoms with E-state index in [1.807, 2.05) is 37.3 Å². The third-order valence-electron chi connectivity index (χ3n) is 3.87. The van der Waals surface area contributed by atoms with Crippen LogP contribution in [0.5, 0.6) is 11.5 Å². The van der Waals surface area contributed by atoms with E-state index in [0.717, 1.165) is 11.4 Å². The maximum Gasteiger partial charge on any atom is 0.166 e. The Morgan fingerprint density at radius 1 is 1.17 bits per heavy atom. The number of ketones is 1. The number of anilines is 2. The van der Waals surface area contributed by atoms with Gasteiger partial charge >= 0.3 is 0 Å². The Morgan fingerprint density at radius 3 is 2.57 bits per heavy atom. The number of benzene rings is 2. The van der Waals surface area contributed by atoms with Gasteiger partial charge in [0.15, 0.2) is 17.3 Å². The van der Waals surface area contributed by atoms with Crippen LogP contribution in [0.15, 0.2) is 36.4 Å². The zero-order chi connectivity index (χ0) is 16.4. The van der Waals surface area contributed by atoms with Crippen molar-refractivity contribution in [3.8, 4) is 11.5 Å². The number of Topliss-reactive ketones (excluding diaryl/α,β-unsaturated/α-hetero) is 1. The smallest absolute Gasteiger partial charge is 0.166 e. The van der Waals surface area contributed by atoms with E-state index in [1.165, 1.54) is 0 Å². The van der Waals surface area contributed by atoms with Gasteiger partial charge in [0.25, 0.3) is 0 Å². The van der Waals surface area contributed by atoms with Gasteiger partial charge in [-0.3, -0.25) is 4.79 Å². The molecule has 0 spiro atoms. The minimum Gasteiger partial charge on any atom is -0.493 e. The second-order valence-corrected chi connectivity index (χ2v) is 5.69. The molecule has 0 saturated heterocycles. The minimum atomic E-state index is 0.119. The van der Waals surface area contributed by atoms with Crippen LogP contribution < -0.4 is 14.4 Å². The molecule has 23 heavy (non-hydrogen) atoms. The molecule has 1 heterocycles. The maximum absolute atomic E-state index is 12.3. The predicted octanol–water partition coefficient (Wildman–Crippen LogP) is 4.47. The Hall–Kier alpha value is -2.20. The number of rotatable bonds is 4. The number of fused-ring (bicyclic) bond motifs is 1. The van der Waals surface area contributed by atoms with Crippen LogP contribution in [0.3, 0.4) is 0 Å². The number of carbonyl (C=O) groups is 1. The number of ether oxygens (including phenoxy) is 2. The van der Waals surface area contributed by atoms with Crippen LogP contribution in [0.25, 0.3) is 0 Å². The lowest BCUT2D eigenvalue weighted by atomic mass is 9.99. The second-order valence-electron chi connectivity index (χ2n) is 5.25. The average Bonchev–Trinajstić information content (AvgIpc) is 2.56. The normalized spacial score (nSPS) is 13.7. The molecule has 120 valence electrons. The molecular weight excluding hydrogens is 314 g/mol. The molecular formula is C18H18ClNO3. The van der Waals surface area contributed by atoms with E-state index in [4.69, 9.17) is 21.1 Å². The monoisotopic (exact) mass is 331 g/mol. The topological polar surface area (TPSA) is 38.8 Å². The van der Waals surface area contributed by atoms with E-state index in [2.05, 4.69) is 4.90 Å². The number of hydrogen-bond donors (Lipinski definition) is 0. The fraction of sp³-hybridized carbons (Fsp3) is 0.278. The first kappa shape index (κ1) is 15.7. The Kier molecular flexibility index (Phi) is 4.44. The third-order valence-corrected chi connectivity index (χ3v) is 4.13. The zero-order valence-electron chi connectivity index (χ0n) is 13.1. The van der Waals surface area contributed by atoms with Gasteiger partial charge in [-0.1, -0.05) is 11.6 Å². The SMILES string of the molecule is CCOc1cc2c(cc1OC)N(c1ccc(Cl)cc1)CCC2=O. The number of carbonyl (C=O) groups excluding carboxylic acids is 1. The van der Waals surface area contributed by atoms with Gasteiger partial charge in [-0.2, -0.15) is 0 Å². The molecule has 4 nitrogen and oxygen atoms in total. The van der Waals surface area contributed by atoms with Crippen molar-refractivity contribution in [2.24, 2.45) is 0 Å². The summed E-state index contributed by atoms with van der Waals surface area (Å²) in [4.78, 5) is 14.4. The molecule has 0 aliphatic carbocycles. The highest BCUT2D eigenvalue weighted by atomic mass is 35.5. The number of nitrogens with zero attached hydrogens (tertiary/aromatic N) is 1. The fourth-order valence-corrected chi connectivity index (χ4v) is 2.91. The second kappa shape index (κ2) is 6.50. The van der Waals surface area contributed by atoms with Crippen LogP contribution in [-0.4, -0.2) is 26.0 Å². The van der Waals surface area contributed by atoms with Crippen LogP contribution in [0, 0.1) is 0 Å². The highest BCUT2D eigenvalue weighted by molar-refractivity contribution is 6.30. The van der Waals surface area contributed by atoms with Crippen LogP contribution in [0.2, 0.25) is 5.02 Å². The molecule has 2 aromatic rings. The van der Waals surface area contributed by atoms with Crippen molar-refractivity contribution in [2.75, 3.05) is 25.2 Å². The lowest BCUT2D eigenvalue weighted by Crippen LogP contribution is -2.28. The first-order chi connectivity index (χ1) is 11.1. The van der Waals surface area contributed by atoms with Crippen molar-refractivity contribution in [2.45, 2.75) is 13.3 Å². The standard InChI is InChI=1S/C18H18ClNO3/c1-3-23-18-10-14-15(11-17(18)22-2)20(9-8-16(14)21)13-6-4-12(19)5-7-13/h4-7,10-11H,3,8-9H2,1-2H3. The molecule has 0 fully saturated rings. The maximum atomic E-state index is 12.3. The molecule has 3 rings (SSSR count). The molecule has 5 heteroatoms. The van der Waals surface area contributed by atoms with E-state index in [-0.39, 0.29) is 5.78 Å². The molecule has 1 aliphatic heterocycles. The van der Waals surface area contributed by atoms with Crippen molar-refractivity contribution in [3.63, 3.8) is 0 Å². The Labute approximate surface area is 140 Å². The van der Waals surface area contributed by atoms with E-state index in [0.29, 0.717) is 41.7 Å². The van der Waals surface area contributed by atoms with Crippen molar-refractivity contribution in [3.05, 3.63) is 47.0 Å². The molecule has 1 aliphatic rings. The van der Waals surface area contributed by atoms with E-state index >= 15 is 0 Å². The van der Waals surface area contributed by atoms with Gasteiger partial charge < -0.3 is 14.4 Å². The van der Waals surface area contributed by atoms with Crippen molar-refractivity contribution in [1.82, 2.24) is 0 Å². The predicted molar refractivity (Wildman–Crippen MR) is 91.6 cm³/mol. The number of halogens is 1. The van der Waals surface area contributed by atoms with Crippen LogP contribution in [0.4, 0.5) is 11.4 Å². The quantitative estimate of drug-likeness (QED) is 0.828. The molecule has 2 aromatic carbocycles. The van der Waals surface area contributed by atoms with Gasteiger partial charge in [0, 0.05) is 35.3 Å². The van der Waals surface area contributed by atoms with Gasteiger partial charge in [-0.25, -0.2) is 0 Å². The zero-order valence-corrected chi connectivity index (χ0v) is 13.9. The molecule has 0 amide bonds. The van der Waals surface area contributed by atoms with Crippen molar-refractivity contribution in [1.29, 1.82) is 0 Å². The van der Waals surface area contributed by atoms with Gasteiger partial charge in [-0.05, 0) is 37.3 Å². The van der Waals surface area contributed by atoms with Crippen molar-refractivity contribution < 1.29 is 14.3 Å². The summed E-state index contributed by atoms with van der Waals surface area (Å²) in [7, 11) is 1.60. The Morgan fingerprint density at radius 2 is 1.91 bits per heavy atom. The summed E-state index contributed by atoms with van der Waals surface area (Å²) < 4.78 is 11.0. The number of hydrogen-bond acceptors (Lipinski definition) is 4. The molecule has 0 N–H and O–H groups in total. The molecule has 0 aromatic heterocycles. The highest BCUT2D eigenvalue weighted by Gasteiger charge is 2.26. The molecule has 0 saturated carbocycles. The summed E-state index contributed by atoms with van der Waals surface area (Å²) >= 11 is 5.97. The average molecular weight is 332 g/mol. The molecule has 0 bridgehead atoms. The third kappa shape index (κ3) is 2.99. The summed E-state index contributed by atoms with van der Waals surface area (Å²) in [5.41, 5.74) is 2.49. The lowest BCUT2D eigenvalue weighted by molar-refractivity contribution is 0.0980. The first-order valence-electron chi connectivity index (χ1n) is 7.55. The Bertz CT molecular complexity index is 728. The summed E-state index contributed by atoms with van der Waals surface area (Å²) in [6.45, 7) is 3.05. The van der Waals surface area contributed by atoms with E-state index < -0.39 is 0 Å².